The molecule has 274 valence electrons. The number of hydrogen-bond acceptors (Lipinski definition) is 2. The first-order chi connectivity index (χ1) is 22.4. The molecule has 0 aliphatic carbocycles. The second-order valence-corrected chi connectivity index (χ2v) is 14.9. The molecule has 0 bridgehead atoms. The van der Waals surface area contributed by atoms with Gasteiger partial charge in [-0.15, -0.1) is 0 Å². The Balaban J connectivity index is 4.29. The van der Waals surface area contributed by atoms with Crippen molar-refractivity contribution in [2.24, 2.45) is 11.3 Å². The highest BCUT2D eigenvalue weighted by atomic mass is 16.4. The van der Waals surface area contributed by atoms with Crippen LogP contribution in [0.4, 0.5) is 0 Å². The van der Waals surface area contributed by atoms with Gasteiger partial charge in [0.25, 0.3) is 0 Å². The van der Waals surface area contributed by atoms with Crippen molar-refractivity contribution in [3.05, 3.63) is 0 Å². The fourth-order valence-corrected chi connectivity index (χ4v) is 7.73. The summed E-state index contributed by atoms with van der Waals surface area (Å²) in [6, 6.07) is 0. The van der Waals surface area contributed by atoms with Crippen LogP contribution in [-0.2, 0) is 9.59 Å². The molecule has 0 saturated carbocycles. The van der Waals surface area contributed by atoms with Crippen LogP contribution in [0.25, 0.3) is 0 Å². The molecule has 2 unspecified atom stereocenters. The summed E-state index contributed by atoms with van der Waals surface area (Å²) in [7, 11) is 0. The Morgan fingerprint density at radius 3 is 1.07 bits per heavy atom. The number of rotatable bonds is 38. The first-order valence-electron chi connectivity index (χ1n) is 20.9. The summed E-state index contributed by atoms with van der Waals surface area (Å²) in [6.45, 7) is 6.77. The third-order valence-electron chi connectivity index (χ3n) is 10.8. The molecule has 2 atom stereocenters. The number of hydrogen-bond donors (Lipinski definition) is 2. The van der Waals surface area contributed by atoms with Gasteiger partial charge in [-0.3, -0.25) is 9.59 Å². The summed E-state index contributed by atoms with van der Waals surface area (Å²) in [4.78, 5) is 23.5. The van der Waals surface area contributed by atoms with Gasteiger partial charge in [-0.05, 0) is 31.6 Å². The van der Waals surface area contributed by atoms with Gasteiger partial charge in [0.1, 0.15) is 0 Å². The van der Waals surface area contributed by atoms with Crippen LogP contribution in [-0.4, -0.2) is 22.2 Å². The quantitative estimate of drug-likeness (QED) is 0.0652. The van der Waals surface area contributed by atoms with Crippen LogP contribution in [0.1, 0.15) is 245 Å². The molecule has 4 heteroatoms. The average molecular weight is 651 g/mol. The van der Waals surface area contributed by atoms with E-state index in [0.717, 1.165) is 51.4 Å². The van der Waals surface area contributed by atoms with Crippen LogP contribution in [0.3, 0.4) is 0 Å². The van der Waals surface area contributed by atoms with E-state index in [1.807, 2.05) is 0 Å². The van der Waals surface area contributed by atoms with Crippen LogP contribution >= 0.6 is 0 Å². The fourth-order valence-electron chi connectivity index (χ4n) is 7.73. The first-order valence-corrected chi connectivity index (χ1v) is 20.9. The lowest BCUT2D eigenvalue weighted by molar-refractivity contribution is -0.155. The first kappa shape index (κ1) is 44.9. The number of carboxylic acids is 2. The minimum Gasteiger partial charge on any atom is -0.481 e. The maximum atomic E-state index is 13.0. The number of aliphatic carboxylic acids is 2. The maximum absolute atomic E-state index is 13.0. The summed E-state index contributed by atoms with van der Waals surface area (Å²) >= 11 is 0. The number of unbranched alkanes of at least 4 members (excludes halogenated alkanes) is 27. The van der Waals surface area contributed by atoms with Gasteiger partial charge < -0.3 is 10.2 Å². The Hall–Kier alpha value is -1.06. The highest BCUT2D eigenvalue weighted by Gasteiger charge is 2.43. The van der Waals surface area contributed by atoms with E-state index in [9.17, 15) is 14.7 Å². The summed E-state index contributed by atoms with van der Waals surface area (Å²) in [5, 5.41) is 19.4. The monoisotopic (exact) mass is 651 g/mol. The molecule has 0 fully saturated rings. The molecule has 0 aromatic heterocycles. The van der Waals surface area contributed by atoms with Gasteiger partial charge in [0.2, 0.25) is 0 Å². The van der Waals surface area contributed by atoms with Crippen molar-refractivity contribution in [1.82, 2.24) is 0 Å². The highest BCUT2D eigenvalue weighted by Crippen LogP contribution is 2.44. The third kappa shape index (κ3) is 26.0. The van der Waals surface area contributed by atoms with Crippen LogP contribution < -0.4 is 0 Å². The fraction of sp³-hybridized carbons (Fsp3) is 0.952. The predicted octanol–water partition coefficient (Wildman–Crippen LogP) is 14.5. The number of carboxylic acid groups (broad SMARTS) is 2. The van der Waals surface area contributed by atoms with E-state index in [1.54, 1.807) is 0 Å². The van der Waals surface area contributed by atoms with Gasteiger partial charge in [0.05, 0.1) is 5.41 Å². The van der Waals surface area contributed by atoms with E-state index in [1.165, 1.54) is 167 Å². The van der Waals surface area contributed by atoms with Crippen molar-refractivity contribution in [1.29, 1.82) is 0 Å². The summed E-state index contributed by atoms with van der Waals surface area (Å²) < 4.78 is 0. The Bertz CT molecular complexity index is 662. The Labute approximate surface area is 288 Å². The lowest BCUT2D eigenvalue weighted by Crippen LogP contribution is -2.39. The molecule has 0 aromatic carbocycles. The van der Waals surface area contributed by atoms with E-state index >= 15 is 0 Å². The minimum atomic E-state index is -0.668. The zero-order valence-electron chi connectivity index (χ0n) is 31.5. The zero-order valence-corrected chi connectivity index (χ0v) is 31.5. The highest BCUT2D eigenvalue weighted by molar-refractivity contribution is 5.75. The van der Waals surface area contributed by atoms with Gasteiger partial charge in [0, 0.05) is 6.42 Å². The summed E-state index contributed by atoms with van der Waals surface area (Å²) in [5.41, 5.74) is -0.514. The molecule has 0 heterocycles. The van der Waals surface area contributed by atoms with E-state index in [0.29, 0.717) is 12.3 Å². The normalized spacial score (nSPS) is 13.5. The molecule has 0 radical (unpaired) electrons. The van der Waals surface area contributed by atoms with Gasteiger partial charge >= 0.3 is 11.9 Å². The van der Waals surface area contributed by atoms with E-state index in [4.69, 9.17) is 5.11 Å². The van der Waals surface area contributed by atoms with Crippen molar-refractivity contribution in [2.75, 3.05) is 0 Å². The lowest BCUT2D eigenvalue weighted by Gasteiger charge is -2.38. The average Bonchev–Trinajstić information content (AvgIpc) is 3.04. The second kappa shape index (κ2) is 33.8. The van der Waals surface area contributed by atoms with Crippen LogP contribution in [0.15, 0.2) is 0 Å². The largest absolute Gasteiger partial charge is 0.481 e. The van der Waals surface area contributed by atoms with Crippen molar-refractivity contribution >= 4 is 11.9 Å². The van der Waals surface area contributed by atoms with Gasteiger partial charge in [-0.25, -0.2) is 0 Å². The van der Waals surface area contributed by atoms with Gasteiger partial charge in [-0.2, -0.15) is 0 Å². The Morgan fingerprint density at radius 2 is 0.739 bits per heavy atom. The third-order valence-corrected chi connectivity index (χ3v) is 10.8. The molecule has 0 aliphatic rings. The van der Waals surface area contributed by atoms with E-state index in [2.05, 4.69) is 20.8 Å². The van der Waals surface area contributed by atoms with Crippen molar-refractivity contribution in [3.63, 3.8) is 0 Å². The van der Waals surface area contributed by atoms with Crippen LogP contribution in [0.5, 0.6) is 0 Å². The molecule has 0 rings (SSSR count). The standard InChI is InChI=1S/C42H82O4/c1-4-7-9-11-12-13-19-22-25-28-31-35-39(6-3)42(41(45)46,37-33-10-8-5-2)38-34-30-27-24-21-18-16-14-15-17-20-23-26-29-32-36-40(43)44/h39H,4-38H2,1-3H3,(H,43,44)(H,45,46). The topological polar surface area (TPSA) is 74.6 Å². The van der Waals surface area contributed by atoms with Crippen molar-refractivity contribution < 1.29 is 19.8 Å². The molecular weight excluding hydrogens is 568 g/mol. The molecule has 0 aliphatic heterocycles. The lowest BCUT2D eigenvalue weighted by atomic mass is 9.65. The maximum Gasteiger partial charge on any atom is 0.309 e. The van der Waals surface area contributed by atoms with E-state index < -0.39 is 17.4 Å². The summed E-state index contributed by atoms with van der Waals surface area (Å²) in [5.74, 6) is -0.849. The summed E-state index contributed by atoms with van der Waals surface area (Å²) in [6.07, 6.45) is 42.1. The van der Waals surface area contributed by atoms with Crippen molar-refractivity contribution in [3.8, 4) is 0 Å². The predicted molar refractivity (Wildman–Crippen MR) is 200 cm³/mol. The SMILES string of the molecule is CCCCCCCCCCCCCC(CC)C(CCCCCC)(CCCCCCCCCCCCCCCCCC(=O)O)C(=O)O. The Morgan fingerprint density at radius 1 is 0.435 bits per heavy atom. The molecule has 0 amide bonds. The van der Waals surface area contributed by atoms with Crippen LogP contribution in [0, 0.1) is 11.3 Å². The van der Waals surface area contributed by atoms with Crippen molar-refractivity contribution in [2.45, 2.75) is 245 Å². The van der Waals surface area contributed by atoms with Crippen LogP contribution in [0.2, 0.25) is 0 Å². The molecule has 0 aromatic rings. The van der Waals surface area contributed by atoms with E-state index in [-0.39, 0.29) is 0 Å². The molecule has 46 heavy (non-hydrogen) atoms. The van der Waals surface area contributed by atoms with Gasteiger partial charge in [0.15, 0.2) is 0 Å². The zero-order chi connectivity index (χ0) is 34.0. The molecule has 2 N–H and O–H groups in total. The van der Waals surface area contributed by atoms with Gasteiger partial charge in [-0.1, -0.05) is 213 Å². The number of carbonyl (C=O) groups is 2. The molecule has 4 nitrogen and oxygen atoms in total. The second-order valence-electron chi connectivity index (χ2n) is 14.9. The Kier molecular flexibility index (Phi) is 33.0. The molecule has 0 spiro atoms. The molecule has 0 saturated heterocycles. The minimum absolute atomic E-state index is 0.321. The molecular formula is C42H82O4. The smallest absolute Gasteiger partial charge is 0.309 e.